The van der Waals surface area contributed by atoms with Crippen LogP contribution < -0.4 is 10.7 Å². The third-order valence-electron chi connectivity index (χ3n) is 5.00. The van der Waals surface area contributed by atoms with Gasteiger partial charge in [0.15, 0.2) is 11.1 Å². The van der Waals surface area contributed by atoms with E-state index >= 15 is 0 Å². The quantitative estimate of drug-likeness (QED) is 0.498. The maximum Gasteiger partial charge on any atom is 0.295 e. The second-order valence-corrected chi connectivity index (χ2v) is 7.06. The molecule has 156 valence electrons. The number of carbonyl (C=O) groups excluding carboxylic acids is 1. The van der Waals surface area contributed by atoms with Gasteiger partial charge in [-0.05, 0) is 42.8 Å². The van der Waals surface area contributed by atoms with Crippen molar-refractivity contribution in [3.05, 3.63) is 94.3 Å². The highest BCUT2D eigenvalue weighted by atomic mass is 16.7. The largest absolute Gasteiger partial charge is 0.341 e. The highest BCUT2D eigenvalue weighted by Crippen LogP contribution is 2.26. The topological polar surface area (TPSA) is 76.5 Å². The Labute approximate surface area is 179 Å². The first-order chi connectivity index (χ1) is 15.0. The lowest BCUT2D eigenvalue weighted by molar-refractivity contribution is -0.0760. The lowest BCUT2D eigenvalue weighted by Gasteiger charge is -2.20. The van der Waals surface area contributed by atoms with Gasteiger partial charge in [-0.25, -0.2) is 10.0 Å². The minimum absolute atomic E-state index is 0.176. The molecule has 2 aromatic heterocycles. The van der Waals surface area contributed by atoms with Crippen LogP contribution in [0.3, 0.4) is 0 Å². The first kappa shape index (κ1) is 20.3. The number of aromatic nitrogens is 2. The molecule has 0 atom stereocenters. The van der Waals surface area contributed by atoms with Gasteiger partial charge in [0.25, 0.3) is 5.91 Å². The number of anilines is 2. The summed E-state index contributed by atoms with van der Waals surface area (Å²) < 4.78 is 1.85. The van der Waals surface area contributed by atoms with E-state index in [2.05, 4.69) is 10.3 Å². The first-order valence-electron chi connectivity index (χ1n) is 9.76. The van der Waals surface area contributed by atoms with E-state index in [1.807, 2.05) is 65.2 Å². The third-order valence-corrected chi connectivity index (χ3v) is 5.00. The minimum atomic E-state index is -0.402. The average molecular weight is 414 g/mol. The monoisotopic (exact) mass is 414 g/mol. The van der Waals surface area contributed by atoms with E-state index in [1.165, 1.54) is 14.2 Å². The Morgan fingerprint density at radius 1 is 1.03 bits per heavy atom. The second-order valence-electron chi connectivity index (χ2n) is 7.06. The van der Waals surface area contributed by atoms with E-state index in [4.69, 9.17) is 4.84 Å². The van der Waals surface area contributed by atoms with Crippen LogP contribution in [0.15, 0.2) is 77.6 Å². The summed E-state index contributed by atoms with van der Waals surface area (Å²) in [6.45, 7) is 1.80. The van der Waals surface area contributed by atoms with Crippen LogP contribution in [0.4, 0.5) is 11.5 Å². The molecule has 1 amide bonds. The Balaban J connectivity index is 2.04. The van der Waals surface area contributed by atoms with Gasteiger partial charge in [-0.3, -0.25) is 19.0 Å². The number of rotatable bonds is 5. The molecule has 0 radical (unpaired) electrons. The Morgan fingerprint density at radius 2 is 1.68 bits per heavy atom. The van der Waals surface area contributed by atoms with E-state index in [9.17, 15) is 9.59 Å². The Bertz CT molecular complexity index is 1300. The molecular weight excluding hydrogens is 392 g/mol. The molecule has 0 saturated carbocycles. The zero-order valence-corrected chi connectivity index (χ0v) is 17.5. The standard InChI is InChI=1S/C24H22N4O3/c1-16-14-19(24(30)27(2)31-3)26-23-22(16)20(29)15-21(25-17-10-6-4-7-11-17)28(23)18-12-8-5-9-13-18/h4-15,25H,1-3H3. The zero-order chi connectivity index (χ0) is 22.0. The number of benzene rings is 2. The molecule has 2 heterocycles. The fourth-order valence-electron chi connectivity index (χ4n) is 3.45. The van der Waals surface area contributed by atoms with Crippen LogP contribution in [0.5, 0.6) is 0 Å². The molecule has 7 heteroatoms. The van der Waals surface area contributed by atoms with E-state index in [0.717, 1.165) is 16.4 Å². The van der Waals surface area contributed by atoms with Gasteiger partial charge in [-0.15, -0.1) is 0 Å². The second kappa shape index (κ2) is 8.41. The maximum atomic E-state index is 13.1. The molecule has 0 saturated heterocycles. The number of carbonyl (C=O) groups is 1. The molecule has 4 rings (SSSR count). The normalized spacial score (nSPS) is 10.8. The van der Waals surface area contributed by atoms with Crippen LogP contribution in [0.1, 0.15) is 16.1 Å². The summed E-state index contributed by atoms with van der Waals surface area (Å²) in [5.74, 6) is 0.146. The van der Waals surface area contributed by atoms with Crippen molar-refractivity contribution >= 4 is 28.4 Å². The summed E-state index contributed by atoms with van der Waals surface area (Å²) in [4.78, 5) is 35.4. The number of hydrogen-bond donors (Lipinski definition) is 1. The smallest absolute Gasteiger partial charge is 0.295 e. The number of para-hydroxylation sites is 2. The summed E-state index contributed by atoms with van der Waals surface area (Å²) in [7, 11) is 2.93. The molecule has 0 aliphatic heterocycles. The van der Waals surface area contributed by atoms with Crippen molar-refractivity contribution in [3.8, 4) is 5.69 Å². The maximum absolute atomic E-state index is 13.1. The SMILES string of the molecule is CON(C)C(=O)c1cc(C)c2c(=O)cc(Nc3ccccc3)n(-c3ccccc3)c2n1. The van der Waals surface area contributed by atoms with Crippen molar-refractivity contribution in [2.75, 3.05) is 19.5 Å². The van der Waals surface area contributed by atoms with Gasteiger partial charge in [-0.2, -0.15) is 0 Å². The summed E-state index contributed by atoms with van der Waals surface area (Å²) in [5.41, 5.74) is 2.71. The van der Waals surface area contributed by atoms with E-state index in [-0.39, 0.29) is 11.1 Å². The molecule has 0 aliphatic carbocycles. The number of pyridine rings is 2. The molecule has 0 fully saturated rings. The fraction of sp³-hybridized carbons (Fsp3) is 0.125. The number of amides is 1. The van der Waals surface area contributed by atoms with Crippen LogP contribution in [-0.4, -0.2) is 34.7 Å². The predicted molar refractivity (Wildman–Crippen MR) is 121 cm³/mol. The molecule has 7 nitrogen and oxygen atoms in total. The van der Waals surface area contributed by atoms with Gasteiger partial charge >= 0.3 is 0 Å². The van der Waals surface area contributed by atoms with Gasteiger partial charge in [-0.1, -0.05) is 36.4 Å². The van der Waals surface area contributed by atoms with Gasteiger partial charge in [0.05, 0.1) is 12.5 Å². The summed E-state index contributed by atoms with van der Waals surface area (Å²) in [6, 6.07) is 22.3. The van der Waals surface area contributed by atoms with Crippen molar-refractivity contribution in [2.24, 2.45) is 0 Å². The number of nitrogens with one attached hydrogen (secondary N) is 1. The summed E-state index contributed by atoms with van der Waals surface area (Å²) in [5, 5.41) is 4.87. The lowest BCUT2D eigenvalue weighted by atomic mass is 10.1. The van der Waals surface area contributed by atoms with Gasteiger partial charge in [0, 0.05) is 24.5 Å². The Kier molecular flexibility index (Phi) is 5.51. The minimum Gasteiger partial charge on any atom is -0.341 e. The van der Waals surface area contributed by atoms with Crippen molar-refractivity contribution < 1.29 is 9.63 Å². The van der Waals surface area contributed by atoms with Gasteiger partial charge < -0.3 is 5.32 Å². The Morgan fingerprint density at radius 3 is 2.32 bits per heavy atom. The Hall–Kier alpha value is -3.97. The van der Waals surface area contributed by atoms with Gasteiger partial charge in [0.1, 0.15) is 11.5 Å². The van der Waals surface area contributed by atoms with E-state index in [1.54, 1.807) is 19.1 Å². The molecule has 4 aromatic rings. The predicted octanol–water partition coefficient (Wildman–Crippen LogP) is 4.07. The van der Waals surface area contributed by atoms with Crippen LogP contribution >= 0.6 is 0 Å². The molecule has 0 aliphatic rings. The van der Waals surface area contributed by atoms with Crippen molar-refractivity contribution in [1.29, 1.82) is 0 Å². The highest BCUT2D eigenvalue weighted by Gasteiger charge is 2.20. The molecule has 1 N–H and O–H groups in total. The number of hydrogen-bond acceptors (Lipinski definition) is 5. The lowest BCUT2D eigenvalue weighted by Crippen LogP contribution is -2.27. The third kappa shape index (κ3) is 3.91. The van der Waals surface area contributed by atoms with Gasteiger partial charge in [0.2, 0.25) is 0 Å². The first-order valence-corrected chi connectivity index (χ1v) is 9.76. The highest BCUT2D eigenvalue weighted by molar-refractivity contribution is 5.95. The number of aryl methyl sites for hydroxylation is 1. The number of nitrogens with zero attached hydrogens (tertiary/aromatic N) is 3. The van der Waals surface area contributed by atoms with Crippen molar-refractivity contribution in [3.63, 3.8) is 0 Å². The summed E-state index contributed by atoms with van der Waals surface area (Å²) in [6.07, 6.45) is 0. The summed E-state index contributed by atoms with van der Waals surface area (Å²) >= 11 is 0. The number of fused-ring (bicyclic) bond motifs is 1. The van der Waals surface area contributed by atoms with Crippen molar-refractivity contribution in [2.45, 2.75) is 6.92 Å². The number of hydroxylamine groups is 2. The molecule has 2 aromatic carbocycles. The molecule has 0 bridgehead atoms. The molecule has 0 spiro atoms. The molecule has 31 heavy (non-hydrogen) atoms. The van der Waals surface area contributed by atoms with Crippen molar-refractivity contribution in [1.82, 2.24) is 14.6 Å². The van der Waals surface area contributed by atoms with Crippen LogP contribution in [0, 0.1) is 6.92 Å². The van der Waals surface area contributed by atoms with E-state index < -0.39 is 5.91 Å². The fourth-order valence-corrected chi connectivity index (χ4v) is 3.45. The molecule has 0 unspecified atom stereocenters. The van der Waals surface area contributed by atoms with Crippen LogP contribution in [0.2, 0.25) is 0 Å². The van der Waals surface area contributed by atoms with Crippen LogP contribution in [-0.2, 0) is 4.84 Å². The van der Waals surface area contributed by atoms with Crippen LogP contribution in [0.25, 0.3) is 16.7 Å². The molecular formula is C24H22N4O3. The van der Waals surface area contributed by atoms with E-state index in [0.29, 0.717) is 22.4 Å². The average Bonchev–Trinajstić information content (AvgIpc) is 2.79. The zero-order valence-electron chi connectivity index (χ0n) is 17.5.